The first-order valence-corrected chi connectivity index (χ1v) is 16.6. The SMILES string of the molecule is Cc1cc2c(oc3ccccc32)c(-c2cc(C3CCCC3)c3cc([Si](C)(C)C)ccc3[n+]2C)c1C. The van der Waals surface area contributed by atoms with Crippen molar-refractivity contribution in [3.8, 4) is 11.3 Å². The van der Waals surface area contributed by atoms with Gasteiger partial charge in [0.05, 0.1) is 13.6 Å². The number of fused-ring (bicyclic) bond motifs is 4. The Morgan fingerprint density at radius 1 is 0.857 bits per heavy atom. The molecule has 3 heteroatoms. The van der Waals surface area contributed by atoms with Gasteiger partial charge in [-0.1, -0.05) is 61.9 Å². The summed E-state index contributed by atoms with van der Waals surface area (Å²) in [7, 11) is 0.833. The summed E-state index contributed by atoms with van der Waals surface area (Å²) < 4.78 is 8.98. The van der Waals surface area contributed by atoms with Gasteiger partial charge < -0.3 is 4.42 Å². The van der Waals surface area contributed by atoms with E-state index >= 15 is 0 Å². The van der Waals surface area contributed by atoms with Crippen LogP contribution in [0.1, 0.15) is 48.3 Å². The summed E-state index contributed by atoms with van der Waals surface area (Å²) >= 11 is 0. The Morgan fingerprint density at radius 3 is 2.34 bits per heavy atom. The average Bonchev–Trinajstić information content (AvgIpc) is 3.48. The largest absolute Gasteiger partial charge is 0.455 e. The van der Waals surface area contributed by atoms with Crippen LogP contribution in [-0.2, 0) is 7.05 Å². The molecule has 1 saturated carbocycles. The van der Waals surface area contributed by atoms with Crippen molar-refractivity contribution in [2.45, 2.75) is 65.1 Å². The fourth-order valence-corrected chi connectivity index (χ4v) is 7.35. The Labute approximate surface area is 209 Å². The smallest absolute Gasteiger partial charge is 0.217 e. The summed E-state index contributed by atoms with van der Waals surface area (Å²) in [5.74, 6) is 0.644. The second kappa shape index (κ2) is 8.06. The van der Waals surface area contributed by atoms with E-state index < -0.39 is 8.07 Å². The van der Waals surface area contributed by atoms with Crippen LogP contribution in [-0.4, -0.2) is 8.07 Å². The molecule has 0 bridgehead atoms. The monoisotopic (exact) mass is 478 g/mol. The molecule has 0 aliphatic heterocycles. The van der Waals surface area contributed by atoms with Gasteiger partial charge >= 0.3 is 0 Å². The molecule has 0 saturated heterocycles. The van der Waals surface area contributed by atoms with Crippen molar-refractivity contribution in [3.05, 3.63) is 71.3 Å². The number of aromatic nitrogens is 1. The molecule has 0 N–H and O–H groups in total. The standard InChI is InChI=1S/C32H36NOSi/c1-20-17-27-24-13-9-10-14-30(24)34-32(27)31(21(20)2)29-19-25(22-11-7-8-12-22)26-18-23(35(4,5)6)15-16-28(26)33(29)3/h9-10,13-19,22H,7-8,11-12H2,1-6H3/q+1. The van der Waals surface area contributed by atoms with Crippen LogP contribution in [0.15, 0.2) is 59.0 Å². The van der Waals surface area contributed by atoms with Crippen molar-refractivity contribution in [2.24, 2.45) is 7.05 Å². The van der Waals surface area contributed by atoms with E-state index in [1.165, 1.54) is 75.3 Å². The molecule has 178 valence electrons. The van der Waals surface area contributed by atoms with E-state index in [2.05, 4.69) is 99.7 Å². The molecule has 1 aliphatic rings. The Morgan fingerprint density at radius 2 is 1.60 bits per heavy atom. The van der Waals surface area contributed by atoms with Crippen LogP contribution < -0.4 is 9.75 Å². The molecular formula is C32H36NOSi+. The van der Waals surface area contributed by atoms with Gasteiger partial charge in [0.15, 0.2) is 0 Å². The van der Waals surface area contributed by atoms with Crippen LogP contribution in [0.5, 0.6) is 0 Å². The van der Waals surface area contributed by atoms with Crippen molar-refractivity contribution in [1.29, 1.82) is 0 Å². The summed E-state index contributed by atoms with van der Waals surface area (Å²) in [4.78, 5) is 0. The molecule has 1 fully saturated rings. The summed E-state index contributed by atoms with van der Waals surface area (Å²) in [5.41, 5.74) is 9.98. The Bertz CT molecular complexity index is 1610. The van der Waals surface area contributed by atoms with Crippen molar-refractivity contribution in [2.75, 3.05) is 0 Å². The van der Waals surface area contributed by atoms with E-state index in [1.54, 1.807) is 5.19 Å². The third kappa shape index (κ3) is 3.55. The van der Waals surface area contributed by atoms with E-state index in [4.69, 9.17) is 4.42 Å². The highest BCUT2D eigenvalue weighted by Gasteiger charge is 2.29. The average molecular weight is 479 g/mol. The molecule has 0 radical (unpaired) electrons. The second-order valence-electron chi connectivity index (χ2n) is 11.7. The number of hydrogen-bond acceptors (Lipinski definition) is 1. The molecule has 1 aliphatic carbocycles. The third-order valence-corrected chi connectivity index (χ3v) is 10.5. The summed E-state index contributed by atoms with van der Waals surface area (Å²) in [6.07, 6.45) is 5.28. The lowest BCUT2D eigenvalue weighted by molar-refractivity contribution is -0.633. The van der Waals surface area contributed by atoms with E-state index in [9.17, 15) is 0 Å². The Kier molecular flexibility index (Phi) is 5.19. The molecule has 0 amide bonds. The predicted octanol–water partition coefficient (Wildman–Crippen LogP) is 8.05. The molecular weight excluding hydrogens is 442 g/mol. The molecule has 0 unspecified atom stereocenters. The summed E-state index contributed by atoms with van der Waals surface area (Å²) in [5, 5.41) is 5.42. The van der Waals surface area contributed by atoms with Crippen molar-refractivity contribution in [1.82, 2.24) is 0 Å². The highest BCUT2D eigenvalue weighted by Crippen LogP contribution is 2.42. The van der Waals surface area contributed by atoms with Gasteiger partial charge in [0, 0.05) is 28.3 Å². The Hall–Kier alpha value is -2.91. The van der Waals surface area contributed by atoms with Crippen LogP contribution in [0.2, 0.25) is 19.6 Å². The van der Waals surface area contributed by atoms with Crippen LogP contribution in [0.3, 0.4) is 0 Å². The van der Waals surface area contributed by atoms with E-state index in [-0.39, 0.29) is 0 Å². The first kappa shape index (κ1) is 22.5. The van der Waals surface area contributed by atoms with Gasteiger partial charge in [0.25, 0.3) is 0 Å². The summed E-state index contributed by atoms with van der Waals surface area (Å²) in [6, 6.07) is 20.6. The van der Waals surface area contributed by atoms with E-state index in [1.807, 2.05) is 0 Å². The van der Waals surface area contributed by atoms with E-state index in [0.29, 0.717) is 5.92 Å². The highest BCUT2D eigenvalue weighted by molar-refractivity contribution is 6.88. The molecule has 0 spiro atoms. The van der Waals surface area contributed by atoms with Crippen molar-refractivity contribution >= 4 is 46.1 Å². The van der Waals surface area contributed by atoms with Gasteiger partial charge in [0.1, 0.15) is 18.2 Å². The topological polar surface area (TPSA) is 17.0 Å². The van der Waals surface area contributed by atoms with E-state index in [0.717, 1.165) is 11.2 Å². The lowest BCUT2D eigenvalue weighted by Gasteiger charge is -2.20. The lowest BCUT2D eigenvalue weighted by atomic mass is 9.90. The zero-order valence-corrected chi connectivity index (χ0v) is 23.0. The maximum atomic E-state index is 6.56. The number of benzene rings is 3. The number of furan rings is 1. The minimum absolute atomic E-state index is 0.644. The number of para-hydroxylation sites is 1. The van der Waals surface area contributed by atoms with Gasteiger partial charge in [-0.05, 0) is 67.5 Å². The minimum Gasteiger partial charge on any atom is -0.455 e. The normalized spacial score (nSPS) is 15.1. The van der Waals surface area contributed by atoms with Gasteiger partial charge in [-0.3, -0.25) is 0 Å². The third-order valence-electron chi connectivity index (χ3n) is 8.43. The van der Waals surface area contributed by atoms with Gasteiger partial charge in [-0.2, -0.15) is 4.57 Å². The molecule has 2 aromatic heterocycles. The van der Waals surface area contributed by atoms with Crippen LogP contribution in [0.4, 0.5) is 0 Å². The fourth-order valence-electron chi connectivity index (χ4n) is 6.19. The molecule has 2 heterocycles. The minimum atomic E-state index is -1.40. The van der Waals surface area contributed by atoms with Crippen LogP contribution in [0, 0.1) is 13.8 Å². The second-order valence-corrected chi connectivity index (χ2v) is 16.8. The quantitative estimate of drug-likeness (QED) is 0.189. The van der Waals surface area contributed by atoms with Crippen molar-refractivity contribution < 1.29 is 8.98 Å². The first-order valence-electron chi connectivity index (χ1n) is 13.1. The first-order chi connectivity index (χ1) is 16.7. The molecule has 35 heavy (non-hydrogen) atoms. The molecule has 5 aromatic rings. The number of pyridine rings is 1. The van der Waals surface area contributed by atoms with Gasteiger partial charge in [-0.25, -0.2) is 0 Å². The Balaban J connectivity index is 1.72. The highest BCUT2D eigenvalue weighted by atomic mass is 28.3. The molecule has 2 nitrogen and oxygen atoms in total. The molecule has 0 atom stereocenters. The maximum absolute atomic E-state index is 6.56. The van der Waals surface area contributed by atoms with Gasteiger partial charge in [-0.15, -0.1) is 0 Å². The number of rotatable bonds is 3. The molecule has 6 rings (SSSR count). The van der Waals surface area contributed by atoms with Gasteiger partial charge in [0.2, 0.25) is 11.2 Å². The molecule has 3 aromatic carbocycles. The van der Waals surface area contributed by atoms with Crippen LogP contribution >= 0.6 is 0 Å². The zero-order valence-electron chi connectivity index (χ0n) is 22.0. The zero-order chi connectivity index (χ0) is 24.5. The van der Waals surface area contributed by atoms with Crippen LogP contribution in [0.25, 0.3) is 44.1 Å². The lowest BCUT2D eigenvalue weighted by Crippen LogP contribution is -2.39. The number of aryl methyl sites for hydroxylation is 2. The predicted molar refractivity (Wildman–Crippen MR) is 152 cm³/mol. The summed E-state index contributed by atoms with van der Waals surface area (Å²) in [6.45, 7) is 11.8. The number of nitrogens with zero attached hydrogens (tertiary/aromatic N) is 1. The van der Waals surface area contributed by atoms with Crippen molar-refractivity contribution in [3.63, 3.8) is 0 Å². The maximum Gasteiger partial charge on any atom is 0.217 e. The number of hydrogen-bond donors (Lipinski definition) is 0. The fraction of sp³-hybridized carbons (Fsp3) is 0.344.